The molecule has 0 spiro atoms. The summed E-state index contributed by atoms with van der Waals surface area (Å²) in [6.45, 7) is 2.94. The van der Waals surface area contributed by atoms with Crippen molar-refractivity contribution >= 4 is 23.6 Å². The van der Waals surface area contributed by atoms with Crippen molar-refractivity contribution in [1.82, 2.24) is 10.2 Å². The maximum absolute atomic E-state index is 14.1. The molecular weight excluding hydrogens is 353 g/mol. The van der Waals surface area contributed by atoms with Gasteiger partial charge >= 0.3 is 12.0 Å². The third kappa shape index (κ3) is 6.23. The van der Waals surface area contributed by atoms with Crippen molar-refractivity contribution in [1.29, 1.82) is 0 Å². The van der Waals surface area contributed by atoms with Crippen molar-refractivity contribution in [3.63, 3.8) is 0 Å². The van der Waals surface area contributed by atoms with Crippen LogP contribution in [0.3, 0.4) is 0 Å². The van der Waals surface area contributed by atoms with Gasteiger partial charge in [-0.15, -0.1) is 0 Å². The van der Waals surface area contributed by atoms with Gasteiger partial charge in [0.05, 0.1) is 5.69 Å². The van der Waals surface area contributed by atoms with Crippen molar-refractivity contribution < 1.29 is 23.5 Å². The first-order valence-electron chi connectivity index (χ1n) is 9.31. The molecule has 1 fully saturated rings. The molecule has 7 nitrogen and oxygen atoms in total. The Morgan fingerprint density at radius 2 is 1.78 bits per heavy atom. The zero-order chi connectivity index (χ0) is 19.6. The number of carbonyl (C=O) groups is 3. The summed E-state index contributed by atoms with van der Waals surface area (Å²) in [7, 11) is 0. The van der Waals surface area contributed by atoms with Gasteiger partial charge in [-0.1, -0.05) is 25.3 Å². The summed E-state index contributed by atoms with van der Waals surface area (Å²) in [5.74, 6) is -2.10. The van der Waals surface area contributed by atoms with Gasteiger partial charge in [0.1, 0.15) is 11.4 Å². The SMILES string of the molecule is CCNC(=O)Nc1cccc(F)c1C(=O)OCC(=O)N1CCCCCCC1. The monoisotopic (exact) mass is 379 g/mol. The van der Waals surface area contributed by atoms with E-state index in [0.717, 1.165) is 31.7 Å². The first-order valence-corrected chi connectivity index (χ1v) is 9.31. The van der Waals surface area contributed by atoms with Crippen LogP contribution in [0.4, 0.5) is 14.9 Å². The number of nitrogens with zero attached hydrogens (tertiary/aromatic N) is 1. The number of ether oxygens (including phenoxy) is 1. The zero-order valence-corrected chi connectivity index (χ0v) is 15.6. The normalized spacial score (nSPS) is 14.7. The predicted octanol–water partition coefficient (Wildman–Crippen LogP) is 2.92. The summed E-state index contributed by atoms with van der Waals surface area (Å²) in [5, 5.41) is 4.91. The number of nitrogens with one attached hydrogen (secondary N) is 2. The Hall–Kier alpha value is -2.64. The van der Waals surface area contributed by atoms with Gasteiger partial charge in [0.2, 0.25) is 0 Å². The summed E-state index contributed by atoms with van der Waals surface area (Å²) < 4.78 is 19.2. The molecule has 0 bridgehead atoms. The molecule has 27 heavy (non-hydrogen) atoms. The van der Waals surface area contributed by atoms with E-state index in [1.165, 1.54) is 18.6 Å². The number of hydrogen-bond acceptors (Lipinski definition) is 4. The van der Waals surface area contributed by atoms with E-state index in [1.807, 2.05) is 0 Å². The minimum absolute atomic E-state index is 0.00957. The third-order valence-electron chi connectivity index (χ3n) is 4.34. The molecule has 1 heterocycles. The second kappa shape index (κ2) is 10.5. The van der Waals surface area contributed by atoms with Crippen LogP contribution >= 0.6 is 0 Å². The van der Waals surface area contributed by atoms with Crippen molar-refractivity contribution in [3.05, 3.63) is 29.6 Å². The van der Waals surface area contributed by atoms with Crippen LogP contribution in [0, 0.1) is 5.82 Å². The number of anilines is 1. The highest BCUT2D eigenvalue weighted by atomic mass is 19.1. The quantitative estimate of drug-likeness (QED) is 0.770. The maximum atomic E-state index is 14.1. The topological polar surface area (TPSA) is 87.7 Å². The number of benzene rings is 1. The third-order valence-corrected chi connectivity index (χ3v) is 4.34. The van der Waals surface area contributed by atoms with Gasteiger partial charge in [-0.05, 0) is 31.9 Å². The molecule has 0 atom stereocenters. The number of urea groups is 1. The predicted molar refractivity (Wildman–Crippen MR) is 99.0 cm³/mol. The fourth-order valence-electron chi connectivity index (χ4n) is 2.95. The van der Waals surface area contributed by atoms with Crippen molar-refractivity contribution in [2.45, 2.75) is 39.0 Å². The summed E-state index contributed by atoms with van der Waals surface area (Å²) in [6.07, 6.45) is 5.17. The lowest BCUT2D eigenvalue weighted by molar-refractivity contribution is -0.134. The largest absolute Gasteiger partial charge is 0.452 e. The molecule has 0 aliphatic carbocycles. The Bertz CT molecular complexity index is 673. The van der Waals surface area contributed by atoms with E-state index in [4.69, 9.17) is 4.74 Å². The molecule has 2 N–H and O–H groups in total. The molecule has 148 valence electrons. The molecule has 1 saturated heterocycles. The van der Waals surface area contributed by atoms with E-state index in [2.05, 4.69) is 10.6 Å². The van der Waals surface area contributed by atoms with Crippen molar-refractivity contribution in [2.75, 3.05) is 31.6 Å². The lowest BCUT2D eigenvalue weighted by Gasteiger charge is -2.24. The minimum Gasteiger partial charge on any atom is -0.452 e. The molecule has 8 heteroatoms. The average molecular weight is 379 g/mol. The first kappa shape index (κ1) is 20.7. The zero-order valence-electron chi connectivity index (χ0n) is 15.6. The Kier molecular flexibility index (Phi) is 8.03. The number of halogens is 1. The minimum atomic E-state index is -0.986. The van der Waals surface area contributed by atoms with Crippen molar-refractivity contribution in [2.24, 2.45) is 0 Å². The first-order chi connectivity index (χ1) is 13.0. The number of rotatable bonds is 5. The van der Waals surface area contributed by atoms with E-state index in [0.29, 0.717) is 19.6 Å². The number of amides is 3. The van der Waals surface area contributed by atoms with E-state index < -0.39 is 30.0 Å². The molecule has 2 rings (SSSR count). The molecule has 0 aromatic heterocycles. The summed E-state index contributed by atoms with van der Waals surface area (Å²) in [6, 6.07) is 3.31. The Morgan fingerprint density at radius 3 is 2.44 bits per heavy atom. The standard InChI is InChI=1S/C19H26FN3O4/c1-2-21-19(26)22-15-10-8-9-14(20)17(15)18(25)27-13-16(24)23-11-6-4-3-5-7-12-23/h8-10H,2-7,11-13H2,1H3,(H2,21,22,26). The molecule has 1 aromatic carbocycles. The smallest absolute Gasteiger partial charge is 0.343 e. The van der Waals surface area contributed by atoms with Crippen LogP contribution in [0.25, 0.3) is 0 Å². The number of likely N-dealkylation sites (tertiary alicyclic amines) is 1. The highest BCUT2D eigenvalue weighted by Gasteiger charge is 2.22. The second-order valence-corrected chi connectivity index (χ2v) is 6.37. The summed E-state index contributed by atoms with van der Waals surface area (Å²) in [5.41, 5.74) is -0.408. The van der Waals surface area contributed by atoms with E-state index in [9.17, 15) is 18.8 Å². The van der Waals surface area contributed by atoms with Crippen LogP contribution in [0.15, 0.2) is 18.2 Å². The summed E-state index contributed by atoms with van der Waals surface area (Å²) in [4.78, 5) is 38.0. The van der Waals surface area contributed by atoms with Crippen LogP contribution in [-0.4, -0.2) is 49.0 Å². The molecule has 0 radical (unpaired) electrons. The van der Waals surface area contributed by atoms with Gasteiger partial charge in [-0.3, -0.25) is 4.79 Å². The molecule has 0 unspecified atom stereocenters. The molecule has 3 amide bonds. The van der Waals surface area contributed by atoms with Crippen LogP contribution in [-0.2, 0) is 9.53 Å². The van der Waals surface area contributed by atoms with Crippen LogP contribution in [0.2, 0.25) is 0 Å². The highest BCUT2D eigenvalue weighted by molar-refractivity contribution is 6.01. The Morgan fingerprint density at radius 1 is 1.11 bits per heavy atom. The molecular formula is C19H26FN3O4. The van der Waals surface area contributed by atoms with Gasteiger partial charge in [0.15, 0.2) is 6.61 Å². The van der Waals surface area contributed by atoms with Gasteiger partial charge in [0.25, 0.3) is 5.91 Å². The van der Waals surface area contributed by atoms with E-state index in [1.54, 1.807) is 11.8 Å². The number of carbonyl (C=O) groups excluding carboxylic acids is 3. The lowest BCUT2D eigenvalue weighted by atomic mass is 10.1. The molecule has 1 aliphatic heterocycles. The summed E-state index contributed by atoms with van der Waals surface area (Å²) >= 11 is 0. The molecule has 1 aliphatic rings. The van der Waals surface area contributed by atoms with Gasteiger partial charge in [-0.2, -0.15) is 0 Å². The van der Waals surface area contributed by atoms with E-state index in [-0.39, 0.29) is 11.6 Å². The second-order valence-electron chi connectivity index (χ2n) is 6.37. The average Bonchev–Trinajstić information content (AvgIpc) is 2.59. The molecule has 1 aromatic rings. The van der Waals surface area contributed by atoms with Crippen LogP contribution in [0.5, 0.6) is 0 Å². The van der Waals surface area contributed by atoms with Crippen molar-refractivity contribution in [3.8, 4) is 0 Å². The fourth-order valence-corrected chi connectivity index (χ4v) is 2.95. The fraction of sp³-hybridized carbons (Fsp3) is 0.526. The maximum Gasteiger partial charge on any atom is 0.343 e. The molecule has 0 saturated carbocycles. The van der Waals surface area contributed by atoms with Crippen LogP contribution in [0.1, 0.15) is 49.4 Å². The lowest BCUT2D eigenvalue weighted by Crippen LogP contribution is -2.37. The Labute approximate surface area is 158 Å². The van der Waals surface area contributed by atoms with E-state index >= 15 is 0 Å². The number of esters is 1. The number of hydrogen-bond donors (Lipinski definition) is 2. The van der Waals surface area contributed by atoms with Gasteiger partial charge in [-0.25, -0.2) is 14.0 Å². The highest BCUT2D eigenvalue weighted by Crippen LogP contribution is 2.20. The van der Waals surface area contributed by atoms with Gasteiger partial charge in [0, 0.05) is 19.6 Å². The van der Waals surface area contributed by atoms with Crippen LogP contribution < -0.4 is 10.6 Å². The van der Waals surface area contributed by atoms with Gasteiger partial charge < -0.3 is 20.3 Å². The Balaban J connectivity index is 2.00.